The lowest BCUT2D eigenvalue weighted by molar-refractivity contribution is -0.413. The average molecular weight is 1210 g/mol. The Labute approximate surface area is 506 Å². The van der Waals surface area contributed by atoms with Crippen molar-refractivity contribution in [1.82, 2.24) is 0 Å². The summed E-state index contributed by atoms with van der Waals surface area (Å²) in [7, 11) is 0. The van der Waals surface area contributed by atoms with E-state index < -0.39 is 147 Å². The van der Waals surface area contributed by atoms with E-state index in [0.717, 1.165) is 38.5 Å². The summed E-state index contributed by atoms with van der Waals surface area (Å²) in [4.78, 5) is 0. The highest BCUT2D eigenvalue weighted by molar-refractivity contribution is 5.47. The van der Waals surface area contributed by atoms with E-state index in [1.165, 1.54) is 94.2 Å². The zero-order chi connectivity index (χ0) is 64.7. The molecule has 3 saturated carbocycles. The number of rotatable bonds is 15. The van der Waals surface area contributed by atoms with Gasteiger partial charge >= 0.3 is 0 Å². The third-order valence-corrected chi connectivity index (χ3v) is 27.9. The van der Waals surface area contributed by atoms with Crippen molar-refractivity contribution in [3.8, 4) is 0 Å². The van der Waals surface area contributed by atoms with Crippen LogP contribution in [-0.2, 0) is 28.4 Å². The van der Waals surface area contributed by atoms with Gasteiger partial charge in [-0.2, -0.15) is 0 Å². The van der Waals surface area contributed by atoms with Gasteiger partial charge in [0.05, 0.1) is 77.3 Å². The van der Waals surface area contributed by atoms with Crippen LogP contribution in [0.25, 0.3) is 0 Å². The van der Waals surface area contributed by atoms with Crippen molar-refractivity contribution in [2.45, 2.75) is 280 Å². The van der Waals surface area contributed by atoms with Gasteiger partial charge in [-0.25, -0.2) is 0 Å². The number of aliphatic hydroxyl groups excluding tert-OH is 5. The van der Waals surface area contributed by atoms with Crippen LogP contribution in [0.15, 0.2) is 23.3 Å². The Morgan fingerprint density at radius 2 is 1.00 bits per heavy atom. The van der Waals surface area contributed by atoms with Gasteiger partial charge in [0.2, 0.25) is 0 Å². The molecule has 8 aliphatic rings. The van der Waals surface area contributed by atoms with Crippen LogP contribution in [0.3, 0.4) is 0 Å². The second-order valence-electron chi connectivity index (χ2n) is 33.3. The van der Waals surface area contributed by atoms with E-state index in [-0.39, 0.29) is 53.3 Å². The number of hydrogen-bond donors (Lipinski definition) is 13. The molecule has 19 nitrogen and oxygen atoms in total. The Kier molecular flexibility index (Phi) is 16.7. The first-order valence-corrected chi connectivity index (χ1v) is 31.4. The molecule has 3 aliphatic heterocycles. The molecule has 0 amide bonds. The maximum atomic E-state index is 13.2. The van der Waals surface area contributed by atoms with Crippen molar-refractivity contribution < 1.29 is 94.8 Å². The molecule has 0 aromatic rings. The fraction of sp³-hybridized carbons (Fsp3) is 0.939. The Morgan fingerprint density at radius 3 is 1.49 bits per heavy atom. The minimum Gasteiger partial charge on any atom is -0.396 e. The van der Waals surface area contributed by atoms with Crippen molar-refractivity contribution in [2.24, 2.45) is 50.2 Å². The van der Waals surface area contributed by atoms with Gasteiger partial charge in [-0.3, -0.25) is 0 Å². The quantitative estimate of drug-likeness (QED) is 0.109. The van der Waals surface area contributed by atoms with Crippen molar-refractivity contribution in [2.75, 3.05) is 59.5 Å². The van der Waals surface area contributed by atoms with E-state index in [1.54, 1.807) is 13.8 Å². The number of aliphatic hydroxyl groups is 13. The van der Waals surface area contributed by atoms with Gasteiger partial charge in [0.25, 0.3) is 0 Å². The van der Waals surface area contributed by atoms with Gasteiger partial charge in [0, 0.05) is 22.2 Å². The molecule has 0 bridgehead atoms. The molecule has 3 heterocycles. The van der Waals surface area contributed by atoms with E-state index >= 15 is 0 Å². The summed E-state index contributed by atoms with van der Waals surface area (Å²) in [6.07, 6.45) is 9.36. The molecule has 0 radical (unpaired) electrons. The van der Waals surface area contributed by atoms with Gasteiger partial charge in [-0.1, -0.05) is 59.3 Å². The molecule has 24 atom stereocenters. The lowest BCUT2D eigenvalue weighted by Gasteiger charge is -2.70. The normalized spacial score (nSPS) is 57.6. The number of allylic oxidation sites excluding steroid dienone is 3. The SMILES string of the molecule is CC1(C)CCC2(CO)C(=C3C=CC4C5(C)CCC(OC[C@]6(C)O[C@](C)(COC[C@]7(C)O[C@](C)(CO)[C@@](C)(O)[C@](C)(O)[C@@]7(C)O)[C@@H](COC[C@]7(C)O[C@](C)(CO)[C@@](C)(O)[C@](C)(O)[C@@]7(C)O)[C@](C)(O)[C@@]6(C)O)C(C)(CO)C5CCC4(C)C3(C)CC2O)C1. The van der Waals surface area contributed by atoms with Gasteiger partial charge in [0.1, 0.15) is 72.8 Å². The van der Waals surface area contributed by atoms with Crippen LogP contribution in [-0.4, -0.2) is 216 Å². The second-order valence-corrected chi connectivity index (χ2v) is 33.3. The number of hydrogen-bond acceptors (Lipinski definition) is 19. The summed E-state index contributed by atoms with van der Waals surface area (Å²) in [6.45, 7) is 29.5. The lowest BCUT2D eigenvalue weighted by Crippen LogP contribution is -2.85. The molecule has 9 unspecified atom stereocenters. The highest BCUT2D eigenvalue weighted by Crippen LogP contribution is 2.75. The summed E-state index contributed by atoms with van der Waals surface area (Å²) >= 11 is 0. The molecule has 0 spiro atoms. The van der Waals surface area contributed by atoms with Crippen molar-refractivity contribution in [1.29, 1.82) is 0 Å². The van der Waals surface area contributed by atoms with E-state index in [2.05, 4.69) is 53.7 Å². The van der Waals surface area contributed by atoms with Crippen molar-refractivity contribution in [3.63, 3.8) is 0 Å². The highest BCUT2D eigenvalue weighted by Gasteiger charge is 2.77. The summed E-state index contributed by atoms with van der Waals surface area (Å²) in [6, 6.07) is 0. The van der Waals surface area contributed by atoms with Crippen LogP contribution in [0.5, 0.6) is 0 Å². The Hall–Kier alpha value is -1.28. The van der Waals surface area contributed by atoms with Crippen molar-refractivity contribution >= 4 is 0 Å². The summed E-state index contributed by atoms with van der Waals surface area (Å²) < 4.78 is 40.1. The summed E-state index contributed by atoms with van der Waals surface area (Å²) in [5.41, 5.74) is -28.4. The minimum absolute atomic E-state index is 0.0277. The van der Waals surface area contributed by atoms with E-state index in [0.29, 0.717) is 12.8 Å². The molecule has 6 fully saturated rings. The van der Waals surface area contributed by atoms with Crippen LogP contribution in [0.1, 0.15) is 190 Å². The van der Waals surface area contributed by atoms with Gasteiger partial charge < -0.3 is 94.8 Å². The smallest absolute Gasteiger partial charge is 0.124 e. The average Bonchev–Trinajstić information content (AvgIpc) is 0.710. The van der Waals surface area contributed by atoms with Crippen LogP contribution >= 0.6 is 0 Å². The molecular weight excluding hydrogens is 1100 g/mol. The molecule has 0 aromatic heterocycles. The Morgan fingerprint density at radius 1 is 0.506 bits per heavy atom. The minimum atomic E-state index is -2.29. The van der Waals surface area contributed by atoms with Crippen molar-refractivity contribution in [3.05, 3.63) is 23.3 Å². The zero-order valence-electron chi connectivity index (χ0n) is 55.3. The van der Waals surface area contributed by atoms with Crippen LogP contribution in [0, 0.1) is 50.2 Å². The molecule has 8 rings (SSSR count). The predicted molar refractivity (Wildman–Crippen MR) is 317 cm³/mol. The highest BCUT2D eigenvalue weighted by atomic mass is 16.6. The monoisotopic (exact) mass is 1210 g/mol. The van der Waals surface area contributed by atoms with E-state index in [9.17, 15) is 66.4 Å². The molecular formula is C66H114O19. The molecule has 13 N–H and O–H groups in total. The molecule has 85 heavy (non-hydrogen) atoms. The first-order valence-electron chi connectivity index (χ1n) is 31.4. The fourth-order valence-corrected chi connectivity index (χ4v) is 19.3. The predicted octanol–water partition coefficient (Wildman–Crippen LogP) is 4.31. The summed E-state index contributed by atoms with van der Waals surface area (Å²) in [5, 5.41) is 154. The molecule has 0 aromatic carbocycles. The van der Waals surface area contributed by atoms with Crippen LogP contribution < -0.4 is 0 Å². The third-order valence-electron chi connectivity index (χ3n) is 27.9. The molecule has 3 saturated heterocycles. The third kappa shape index (κ3) is 8.85. The Balaban J connectivity index is 1.11. The largest absolute Gasteiger partial charge is 0.396 e. The van der Waals surface area contributed by atoms with Gasteiger partial charge in [-0.15, -0.1) is 0 Å². The molecule has 492 valence electrons. The topological polar surface area (TPSA) is 318 Å². The second kappa shape index (κ2) is 20.4. The first-order chi connectivity index (χ1) is 38.2. The standard InChI is InChI=1S/C66H114O19/c1-47(2)27-28-66(35-70)41(29-47)40-21-22-43-48(3)25-24-46(49(4,32-67)42(48)23-26-50(43,5)51(40,6)30-45(66)71)82-39-57(12)59(14,73)58(13,72)44(31-80-37-55(10)62(17,76)64(19,78)60(15,74)53(8,33-68)84-55)52(7,83-57)36-81-38-56(11)63(18,77)65(20,79)61(16,75)54(9,34-69)85-56/h21-22,42-46,67-79H,23-39H2,1-20H3/t42?,43?,44-,45?,46?,48?,49?,50?,51?,52-,53-,54-,55+,56+,57+,58+,59+,60-,61-,62+,63+,64+,65+,66?/m1/s1. The fourth-order valence-electron chi connectivity index (χ4n) is 19.3. The molecule has 5 aliphatic carbocycles. The lowest BCUT2D eigenvalue weighted by atomic mass is 9.35. The van der Waals surface area contributed by atoms with Gasteiger partial charge in [0.15, 0.2) is 0 Å². The maximum Gasteiger partial charge on any atom is 0.124 e. The van der Waals surface area contributed by atoms with Gasteiger partial charge in [-0.05, 0) is 182 Å². The van der Waals surface area contributed by atoms with E-state index in [1.807, 2.05) is 0 Å². The first kappa shape index (κ1) is 69.6. The van der Waals surface area contributed by atoms with Crippen LogP contribution in [0.2, 0.25) is 0 Å². The summed E-state index contributed by atoms with van der Waals surface area (Å²) in [5.74, 6) is -1.20. The van der Waals surface area contributed by atoms with E-state index in [4.69, 9.17) is 28.4 Å². The molecule has 19 heteroatoms. The van der Waals surface area contributed by atoms with Crippen LogP contribution in [0.4, 0.5) is 0 Å². The Bertz CT molecular complexity index is 2610. The zero-order valence-corrected chi connectivity index (χ0v) is 55.3. The maximum absolute atomic E-state index is 13.2. The number of ether oxygens (including phenoxy) is 6. The number of fused-ring (bicyclic) bond motifs is 6.